The summed E-state index contributed by atoms with van der Waals surface area (Å²) in [5, 5.41) is 14.4. The quantitative estimate of drug-likeness (QED) is 0.687. The van der Waals surface area contributed by atoms with Crippen LogP contribution in [0.2, 0.25) is 0 Å². The van der Waals surface area contributed by atoms with Crippen LogP contribution in [0.25, 0.3) is 0 Å². The van der Waals surface area contributed by atoms with Crippen LogP contribution < -0.4 is 15.4 Å². The van der Waals surface area contributed by atoms with E-state index in [0.29, 0.717) is 29.8 Å². The fraction of sp³-hybridized carbons (Fsp3) is 0.550. The van der Waals surface area contributed by atoms with E-state index in [2.05, 4.69) is 39.7 Å². The number of aromatic nitrogens is 3. The van der Waals surface area contributed by atoms with Crippen molar-refractivity contribution in [3.8, 4) is 5.75 Å². The Bertz CT molecular complexity index is 753. The van der Waals surface area contributed by atoms with Crippen molar-refractivity contribution >= 4 is 11.6 Å². The van der Waals surface area contributed by atoms with Gasteiger partial charge in [0.2, 0.25) is 0 Å². The molecule has 0 atom stereocenters. The Morgan fingerprint density at radius 1 is 1.29 bits per heavy atom. The Balaban J connectivity index is 1.60. The van der Waals surface area contributed by atoms with Crippen molar-refractivity contribution in [1.29, 1.82) is 0 Å². The van der Waals surface area contributed by atoms with E-state index in [-0.39, 0.29) is 5.91 Å². The molecule has 8 nitrogen and oxygen atoms in total. The minimum atomic E-state index is -0.278. The molecule has 0 spiro atoms. The van der Waals surface area contributed by atoms with E-state index in [4.69, 9.17) is 4.74 Å². The molecule has 1 amide bonds. The van der Waals surface area contributed by atoms with E-state index in [1.54, 1.807) is 6.20 Å². The van der Waals surface area contributed by atoms with Crippen molar-refractivity contribution in [2.24, 2.45) is 0 Å². The van der Waals surface area contributed by atoms with E-state index in [1.807, 2.05) is 28.9 Å². The van der Waals surface area contributed by atoms with E-state index >= 15 is 0 Å². The number of carbonyl (C=O) groups excluding carboxylic acids is 1. The average molecular weight is 387 g/mol. The van der Waals surface area contributed by atoms with E-state index < -0.39 is 0 Å². The summed E-state index contributed by atoms with van der Waals surface area (Å²) < 4.78 is 7.71. The summed E-state index contributed by atoms with van der Waals surface area (Å²) in [5.74, 6) is 0.383. The number of hydrogen-bond acceptors (Lipinski definition) is 6. The predicted molar refractivity (Wildman–Crippen MR) is 109 cm³/mol. The van der Waals surface area contributed by atoms with Crippen molar-refractivity contribution in [2.45, 2.75) is 32.7 Å². The maximum absolute atomic E-state index is 12.6. The number of piperidine rings is 1. The Morgan fingerprint density at radius 3 is 2.79 bits per heavy atom. The van der Waals surface area contributed by atoms with Gasteiger partial charge in [-0.05, 0) is 51.2 Å². The smallest absolute Gasteiger partial charge is 0.277 e. The fourth-order valence-electron chi connectivity index (χ4n) is 3.34. The third-order valence-corrected chi connectivity index (χ3v) is 5.12. The number of hydrogen-bond donors (Lipinski definition) is 2. The van der Waals surface area contributed by atoms with Crippen molar-refractivity contribution in [3.05, 3.63) is 36.2 Å². The van der Waals surface area contributed by atoms with Crippen LogP contribution in [0.15, 0.2) is 30.5 Å². The summed E-state index contributed by atoms with van der Waals surface area (Å²) in [5.41, 5.74) is 0.958. The standard InChI is InChI=1S/C20H30N6O2/c1-3-25(4-2)13-14-28-19-8-6-5-7-17(19)22-20(27)18-15-26(24-23-18)16-9-11-21-12-10-16/h5-8,15-16,21H,3-4,9-14H2,1-2H3,(H,22,27). The lowest BCUT2D eigenvalue weighted by Crippen LogP contribution is -2.29. The normalized spacial score (nSPS) is 15.0. The minimum Gasteiger partial charge on any atom is -0.490 e. The highest BCUT2D eigenvalue weighted by Crippen LogP contribution is 2.24. The topological polar surface area (TPSA) is 84.3 Å². The molecule has 2 heterocycles. The van der Waals surface area contributed by atoms with Crippen LogP contribution in [0.1, 0.15) is 43.2 Å². The summed E-state index contributed by atoms with van der Waals surface area (Å²) in [4.78, 5) is 14.9. The second-order valence-electron chi connectivity index (χ2n) is 6.89. The van der Waals surface area contributed by atoms with Gasteiger partial charge in [-0.15, -0.1) is 5.10 Å². The van der Waals surface area contributed by atoms with E-state index in [9.17, 15) is 4.79 Å². The Labute approximate surface area is 166 Å². The number of benzene rings is 1. The first-order chi connectivity index (χ1) is 13.7. The summed E-state index contributed by atoms with van der Waals surface area (Å²) in [6.07, 6.45) is 3.72. The maximum Gasteiger partial charge on any atom is 0.277 e. The minimum absolute atomic E-state index is 0.278. The second kappa shape index (κ2) is 10.2. The zero-order valence-corrected chi connectivity index (χ0v) is 16.7. The van der Waals surface area contributed by atoms with Gasteiger partial charge >= 0.3 is 0 Å². The monoisotopic (exact) mass is 386 g/mol. The molecule has 0 unspecified atom stereocenters. The van der Waals surface area contributed by atoms with Gasteiger partial charge in [0, 0.05) is 6.54 Å². The first-order valence-corrected chi connectivity index (χ1v) is 10.1. The third kappa shape index (κ3) is 5.30. The van der Waals surface area contributed by atoms with Crippen molar-refractivity contribution in [1.82, 2.24) is 25.2 Å². The van der Waals surface area contributed by atoms with Gasteiger partial charge in [-0.2, -0.15) is 0 Å². The molecule has 0 bridgehead atoms. The molecule has 2 N–H and O–H groups in total. The lowest BCUT2D eigenvalue weighted by molar-refractivity contribution is 0.102. The number of nitrogens with zero attached hydrogens (tertiary/aromatic N) is 4. The molecule has 0 radical (unpaired) electrons. The first-order valence-electron chi connectivity index (χ1n) is 10.1. The van der Waals surface area contributed by atoms with Gasteiger partial charge in [-0.1, -0.05) is 31.2 Å². The van der Waals surface area contributed by atoms with Gasteiger partial charge < -0.3 is 20.3 Å². The molecule has 3 rings (SSSR count). The largest absolute Gasteiger partial charge is 0.490 e. The molecule has 1 aliphatic heterocycles. The number of rotatable bonds is 9. The number of likely N-dealkylation sites (N-methyl/N-ethyl adjacent to an activating group) is 1. The van der Waals surface area contributed by atoms with Crippen LogP contribution in [0.4, 0.5) is 5.69 Å². The van der Waals surface area contributed by atoms with Gasteiger partial charge in [0.25, 0.3) is 5.91 Å². The zero-order chi connectivity index (χ0) is 19.8. The first kappa shape index (κ1) is 20.3. The number of para-hydroxylation sites is 2. The van der Waals surface area contributed by atoms with Crippen LogP contribution in [-0.4, -0.2) is 65.1 Å². The predicted octanol–water partition coefficient (Wildman–Crippen LogP) is 2.18. The molecule has 0 aliphatic carbocycles. The molecule has 1 aromatic carbocycles. The fourth-order valence-corrected chi connectivity index (χ4v) is 3.34. The second-order valence-corrected chi connectivity index (χ2v) is 6.89. The highest BCUT2D eigenvalue weighted by Gasteiger charge is 2.19. The number of anilines is 1. The molecule has 0 saturated carbocycles. The van der Waals surface area contributed by atoms with Crippen molar-refractivity contribution in [3.63, 3.8) is 0 Å². The van der Waals surface area contributed by atoms with Gasteiger partial charge in [0.05, 0.1) is 17.9 Å². The number of amides is 1. The molecule has 1 saturated heterocycles. The van der Waals surface area contributed by atoms with Gasteiger partial charge in [-0.3, -0.25) is 4.79 Å². The van der Waals surface area contributed by atoms with Gasteiger partial charge in [-0.25, -0.2) is 4.68 Å². The number of carbonyl (C=O) groups is 1. The summed E-state index contributed by atoms with van der Waals surface area (Å²) >= 11 is 0. The van der Waals surface area contributed by atoms with Crippen LogP contribution in [0.3, 0.4) is 0 Å². The summed E-state index contributed by atoms with van der Waals surface area (Å²) in [6, 6.07) is 7.77. The van der Waals surface area contributed by atoms with Crippen molar-refractivity contribution in [2.75, 3.05) is 44.6 Å². The van der Waals surface area contributed by atoms with Gasteiger partial charge in [0.1, 0.15) is 12.4 Å². The zero-order valence-electron chi connectivity index (χ0n) is 16.7. The molecule has 1 aliphatic rings. The molecule has 152 valence electrons. The molecule has 28 heavy (non-hydrogen) atoms. The SMILES string of the molecule is CCN(CC)CCOc1ccccc1NC(=O)c1cn(C2CCNCC2)nn1. The molecule has 1 aromatic heterocycles. The Morgan fingerprint density at radius 2 is 2.04 bits per heavy atom. The van der Waals surface area contributed by atoms with Crippen molar-refractivity contribution < 1.29 is 9.53 Å². The summed E-state index contributed by atoms with van der Waals surface area (Å²) in [7, 11) is 0. The number of nitrogens with one attached hydrogen (secondary N) is 2. The summed E-state index contributed by atoms with van der Waals surface area (Å²) in [6.45, 7) is 9.59. The Hall–Kier alpha value is -2.45. The highest BCUT2D eigenvalue weighted by atomic mass is 16.5. The van der Waals surface area contributed by atoms with Gasteiger partial charge in [0.15, 0.2) is 5.69 Å². The van der Waals surface area contributed by atoms with Crippen LogP contribution in [0, 0.1) is 0 Å². The Kier molecular flexibility index (Phi) is 7.39. The van der Waals surface area contributed by atoms with Crippen LogP contribution >= 0.6 is 0 Å². The average Bonchev–Trinajstić information content (AvgIpc) is 3.23. The molecule has 2 aromatic rings. The lowest BCUT2D eigenvalue weighted by Gasteiger charge is -2.22. The van der Waals surface area contributed by atoms with E-state index in [1.165, 1.54) is 0 Å². The number of ether oxygens (including phenoxy) is 1. The lowest BCUT2D eigenvalue weighted by atomic mass is 10.1. The maximum atomic E-state index is 12.6. The molecular formula is C20H30N6O2. The van der Waals surface area contributed by atoms with Crippen LogP contribution in [0.5, 0.6) is 5.75 Å². The third-order valence-electron chi connectivity index (χ3n) is 5.12. The molecule has 8 heteroatoms. The molecular weight excluding hydrogens is 356 g/mol. The van der Waals surface area contributed by atoms with Crippen LogP contribution in [-0.2, 0) is 0 Å². The highest BCUT2D eigenvalue weighted by molar-refractivity contribution is 6.03. The molecule has 1 fully saturated rings. The van der Waals surface area contributed by atoms with E-state index in [0.717, 1.165) is 45.6 Å².